The summed E-state index contributed by atoms with van der Waals surface area (Å²) in [6, 6.07) is 15.0. The molecule has 0 spiro atoms. The molecule has 3 rings (SSSR count). The summed E-state index contributed by atoms with van der Waals surface area (Å²) in [5.41, 5.74) is 5.21. The maximum atomic E-state index is 3.55. The average Bonchev–Trinajstić information content (AvgIpc) is 2.50. The number of aryl methyl sites for hydroxylation is 1. The Labute approximate surface area is 99.9 Å². The van der Waals surface area contributed by atoms with Crippen LogP contribution < -0.4 is 5.32 Å². The highest BCUT2D eigenvalue weighted by Gasteiger charge is 2.13. The first-order chi connectivity index (χ1) is 7.84. The van der Waals surface area contributed by atoms with Gasteiger partial charge in [0.25, 0.3) is 0 Å². The number of thioether (sulfide) groups is 1. The van der Waals surface area contributed by atoms with E-state index in [2.05, 4.69) is 54.7 Å². The molecule has 0 amide bonds. The van der Waals surface area contributed by atoms with Gasteiger partial charge in [-0.25, -0.2) is 0 Å². The number of hydrogen-bond acceptors (Lipinski definition) is 2. The summed E-state index contributed by atoms with van der Waals surface area (Å²) in [4.78, 5) is 1.33. The van der Waals surface area contributed by atoms with Crippen LogP contribution in [0.3, 0.4) is 0 Å². The van der Waals surface area contributed by atoms with Crippen LogP contribution in [0.1, 0.15) is 11.1 Å². The standard InChI is InChI=1S/C14H13NS/c1-10-5-4-6-11-9-16-13-8-3-2-7-12(13)15-14(10)11/h2-8,15H,9H2,1H3. The van der Waals surface area contributed by atoms with Crippen LogP contribution in [-0.4, -0.2) is 0 Å². The SMILES string of the molecule is Cc1cccc2c1Nc1ccccc1SC2. The second kappa shape index (κ2) is 3.87. The molecule has 0 unspecified atom stereocenters. The zero-order valence-corrected chi connectivity index (χ0v) is 9.97. The van der Waals surface area contributed by atoms with Gasteiger partial charge in [-0.3, -0.25) is 0 Å². The molecule has 0 atom stereocenters. The van der Waals surface area contributed by atoms with Gasteiger partial charge in [-0.2, -0.15) is 0 Å². The Morgan fingerprint density at radius 3 is 2.88 bits per heavy atom. The normalized spacial score (nSPS) is 13.3. The summed E-state index contributed by atoms with van der Waals surface area (Å²) in [7, 11) is 0. The third-order valence-electron chi connectivity index (χ3n) is 2.89. The highest BCUT2D eigenvalue weighted by atomic mass is 32.2. The van der Waals surface area contributed by atoms with Crippen LogP contribution in [0.2, 0.25) is 0 Å². The maximum Gasteiger partial charge on any atom is 0.0522 e. The molecule has 0 saturated carbocycles. The van der Waals surface area contributed by atoms with E-state index in [9.17, 15) is 0 Å². The molecule has 1 aliphatic heterocycles. The fourth-order valence-electron chi connectivity index (χ4n) is 2.01. The van der Waals surface area contributed by atoms with Crippen molar-refractivity contribution in [1.82, 2.24) is 0 Å². The second-order valence-corrected chi connectivity index (χ2v) is 5.04. The molecule has 0 aliphatic carbocycles. The zero-order valence-electron chi connectivity index (χ0n) is 9.16. The van der Waals surface area contributed by atoms with Crippen molar-refractivity contribution in [1.29, 1.82) is 0 Å². The quantitative estimate of drug-likeness (QED) is 0.718. The molecule has 0 bridgehead atoms. The Morgan fingerprint density at radius 2 is 1.94 bits per heavy atom. The summed E-state index contributed by atoms with van der Waals surface area (Å²) in [5.74, 6) is 1.04. The minimum absolute atomic E-state index is 1.04. The molecule has 1 aliphatic rings. The van der Waals surface area contributed by atoms with E-state index in [1.807, 2.05) is 11.8 Å². The Balaban J connectivity index is 2.13. The highest BCUT2D eigenvalue weighted by Crippen LogP contribution is 2.38. The lowest BCUT2D eigenvalue weighted by Crippen LogP contribution is -1.95. The predicted octanol–water partition coefficient (Wildman–Crippen LogP) is 4.34. The van der Waals surface area contributed by atoms with Crippen LogP contribution in [0.25, 0.3) is 0 Å². The van der Waals surface area contributed by atoms with Gasteiger partial charge in [0.05, 0.1) is 5.69 Å². The van der Waals surface area contributed by atoms with Gasteiger partial charge in [0.1, 0.15) is 0 Å². The molecular formula is C14H13NS. The maximum absolute atomic E-state index is 3.55. The van der Waals surface area contributed by atoms with E-state index in [1.165, 1.54) is 27.4 Å². The third-order valence-corrected chi connectivity index (χ3v) is 4.01. The number of benzene rings is 2. The topological polar surface area (TPSA) is 12.0 Å². The van der Waals surface area contributed by atoms with E-state index < -0.39 is 0 Å². The third kappa shape index (κ3) is 1.59. The van der Waals surface area contributed by atoms with Crippen molar-refractivity contribution in [3.63, 3.8) is 0 Å². The Morgan fingerprint density at radius 1 is 1.06 bits per heavy atom. The van der Waals surface area contributed by atoms with Crippen molar-refractivity contribution in [2.24, 2.45) is 0 Å². The van der Waals surface area contributed by atoms with Crippen LogP contribution in [0.4, 0.5) is 11.4 Å². The number of rotatable bonds is 0. The van der Waals surface area contributed by atoms with Crippen LogP contribution in [0.5, 0.6) is 0 Å². The Hall–Kier alpha value is -1.41. The van der Waals surface area contributed by atoms with E-state index in [0.717, 1.165) is 5.75 Å². The first kappa shape index (κ1) is 9.79. The summed E-state index contributed by atoms with van der Waals surface area (Å²) in [6.07, 6.45) is 0. The molecule has 2 aromatic carbocycles. The lowest BCUT2D eigenvalue weighted by molar-refractivity contribution is 1.34. The monoisotopic (exact) mass is 227 g/mol. The van der Waals surface area contributed by atoms with Crippen molar-refractivity contribution in [2.75, 3.05) is 5.32 Å². The molecule has 1 nitrogen and oxygen atoms in total. The smallest absolute Gasteiger partial charge is 0.0522 e. The molecule has 1 heterocycles. The fraction of sp³-hybridized carbons (Fsp3) is 0.143. The van der Waals surface area contributed by atoms with Gasteiger partial charge in [-0.05, 0) is 30.2 Å². The van der Waals surface area contributed by atoms with E-state index in [1.54, 1.807) is 0 Å². The van der Waals surface area contributed by atoms with Crippen LogP contribution in [-0.2, 0) is 5.75 Å². The zero-order chi connectivity index (χ0) is 11.0. The van der Waals surface area contributed by atoms with Crippen LogP contribution >= 0.6 is 11.8 Å². The minimum Gasteiger partial charge on any atom is -0.354 e. The van der Waals surface area contributed by atoms with E-state index in [0.29, 0.717) is 0 Å². The summed E-state index contributed by atoms with van der Waals surface area (Å²) in [6.45, 7) is 2.16. The fourth-order valence-corrected chi connectivity index (χ4v) is 3.01. The van der Waals surface area contributed by atoms with Crippen molar-refractivity contribution in [2.45, 2.75) is 17.6 Å². The Kier molecular flexibility index (Phi) is 2.37. The minimum atomic E-state index is 1.04. The summed E-state index contributed by atoms with van der Waals surface area (Å²) >= 11 is 1.90. The summed E-state index contributed by atoms with van der Waals surface area (Å²) in [5, 5.41) is 3.55. The van der Waals surface area contributed by atoms with Crippen molar-refractivity contribution in [3.8, 4) is 0 Å². The number of fused-ring (bicyclic) bond motifs is 2. The molecule has 16 heavy (non-hydrogen) atoms. The van der Waals surface area contributed by atoms with Gasteiger partial charge >= 0.3 is 0 Å². The van der Waals surface area contributed by atoms with Gasteiger partial charge in [-0.15, -0.1) is 11.8 Å². The number of para-hydroxylation sites is 2. The van der Waals surface area contributed by atoms with Gasteiger partial charge in [0.15, 0.2) is 0 Å². The first-order valence-corrected chi connectivity index (χ1v) is 6.40. The number of hydrogen-bond donors (Lipinski definition) is 1. The molecular weight excluding hydrogens is 214 g/mol. The molecule has 2 aromatic rings. The summed E-state index contributed by atoms with van der Waals surface area (Å²) < 4.78 is 0. The second-order valence-electron chi connectivity index (χ2n) is 4.02. The van der Waals surface area contributed by atoms with Crippen molar-refractivity contribution < 1.29 is 0 Å². The first-order valence-electron chi connectivity index (χ1n) is 5.42. The van der Waals surface area contributed by atoms with Gasteiger partial charge in [0, 0.05) is 16.3 Å². The Bertz CT molecular complexity index is 534. The van der Waals surface area contributed by atoms with Gasteiger partial charge in [0.2, 0.25) is 0 Å². The number of anilines is 2. The molecule has 0 saturated heterocycles. The predicted molar refractivity (Wildman–Crippen MR) is 70.5 cm³/mol. The van der Waals surface area contributed by atoms with E-state index in [-0.39, 0.29) is 0 Å². The largest absolute Gasteiger partial charge is 0.354 e. The van der Waals surface area contributed by atoms with Crippen molar-refractivity contribution in [3.05, 3.63) is 53.6 Å². The molecule has 0 aromatic heterocycles. The van der Waals surface area contributed by atoms with E-state index >= 15 is 0 Å². The average molecular weight is 227 g/mol. The lowest BCUT2D eigenvalue weighted by atomic mass is 10.1. The molecule has 0 radical (unpaired) electrons. The van der Waals surface area contributed by atoms with E-state index in [4.69, 9.17) is 0 Å². The van der Waals surface area contributed by atoms with Gasteiger partial charge in [-0.1, -0.05) is 30.3 Å². The van der Waals surface area contributed by atoms with Crippen molar-refractivity contribution >= 4 is 23.1 Å². The lowest BCUT2D eigenvalue weighted by Gasteiger charge is -2.11. The molecule has 0 fully saturated rings. The number of nitrogens with one attached hydrogen (secondary N) is 1. The van der Waals surface area contributed by atoms with Gasteiger partial charge < -0.3 is 5.32 Å². The molecule has 2 heteroatoms. The highest BCUT2D eigenvalue weighted by molar-refractivity contribution is 7.98. The molecule has 80 valence electrons. The molecule has 1 N–H and O–H groups in total. The van der Waals surface area contributed by atoms with Crippen LogP contribution in [0.15, 0.2) is 47.4 Å². The van der Waals surface area contributed by atoms with Crippen LogP contribution in [0, 0.1) is 6.92 Å².